The van der Waals surface area contributed by atoms with Gasteiger partial charge in [-0.3, -0.25) is 9.59 Å². The van der Waals surface area contributed by atoms with Gasteiger partial charge in [-0.25, -0.2) is 9.38 Å². The summed E-state index contributed by atoms with van der Waals surface area (Å²) >= 11 is 0. The molecule has 0 unspecified atom stereocenters. The molecule has 0 aromatic heterocycles. The Kier molecular flexibility index (Phi) is 5.60. The number of nitrogens with zero attached hydrogens (tertiary/aromatic N) is 2. The van der Waals surface area contributed by atoms with Crippen molar-refractivity contribution in [3.05, 3.63) is 89.2 Å². The summed E-state index contributed by atoms with van der Waals surface area (Å²) in [6, 6.07) is 17.6. The molecule has 1 spiro atoms. The van der Waals surface area contributed by atoms with E-state index in [1.807, 2.05) is 0 Å². The van der Waals surface area contributed by atoms with Gasteiger partial charge in [-0.15, -0.1) is 0 Å². The lowest BCUT2D eigenvalue weighted by Crippen LogP contribution is -2.52. The summed E-state index contributed by atoms with van der Waals surface area (Å²) in [6.07, 6.45) is 1.05. The fraction of sp³-hybridized carbons (Fsp3) is 0.192. The van der Waals surface area contributed by atoms with E-state index >= 15 is 0 Å². The van der Waals surface area contributed by atoms with Crippen molar-refractivity contribution in [2.24, 2.45) is 10.7 Å². The minimum absolute atomic E-state index is 0.0253. The Balaban J connectivity index is 1.23. The van der Waals surface area contributed by atoms with Crippen molar-refractivity contribution in [2.75, 3.05) is 23.7 Å². The number of phenols is 1. The zero-order valence-corrected chi connectivity index (χ0v) is 18.8. The predicted octanol–water partition coefficient (Wildman–Crippen LogP) is 3.55. The van der Waals surface area contributed by atoms with Gasteiger partial charge in [0, 0.05) is 42.7 Å². The number of likely N-dealkylation sites (tertiary alicyclic amines) is 1. The van der Waals surface area contributed by atoms with Gasteiger partial charge in [-0.2, -0.15) is 0 Å². The Morgan fingerprint density at radius 1 is 1.00 bits per heavy atom. The van der Waals surface area contributed by atoms with E-state index in [1.165, 1.54) is 12.1 Å². The third-order valence-electron chi connectivity index (χ3n) is 6.40. The van der Waals surface area contributed by atoms with Crippen LogP contribution in [0.3, 0.4) is 0 Å². The summed E-state index contributed by atoms with van der Waals surface area (Å²) in [4.78, 5) is 31.8. The number of benzene rings is 3. The molecule has 1 fully saturated rings. The maximum absolute atomic E-state index is 14.1. The van der Waals surface area contributed by atoms with E-state index in [1.54, 1.807) is 59.5 Å². The molecule has 0 atom stereocenters. The first-order valence-electron chi connectivity index (χ1n) is 11.3. The Morgan fingerprint density at radius 3 is 2.40 bits per heavy atom. The molecule has 2 heterocycles. The van der Waals surface area contributed by atoms with Crippen LogP contribution in [0.25, 0.3) is 0 Å². The number of carbonyl (C=O) groups is 2. The molecule has 0 bridgehead atoms. The van der Waals surface area contributed by atoms with E-state index in [4.69, 9.17) is 5.73 Å². The number of hydrogen-bond donors (Lipinski definition) is 4. The number of nitrogens with two attached hydrogens (primary N) is 1. The highest BCUT2D eigenvalue weighted by molar-refractivity contribution is 6.06. The van der Waals surface area contributed by atoms with Crippen LogP contribution in [-0.2, 0) is 0 Å². The number of hydrogen-bond acceptors (Lipinski definition) is 6. The number of amides is 2. The van der Waals surface area contributed by atoms with Crippen LogP contribution in [0.5, 0.6) is 5.75 Å². The minimum atomic E-state index is -0.674. The number of halogens is 1. The number of carbonyl (C=O) groups excluding carboxylic acids is 2. The third-order valence-corrected chi connectivity index (χ3v) is 6.40. The monoisotopic (exact) mass is 473 g/mol. The second kappa shape index (κ2) is 8.75. The number of aliphatic imine (C=N–C) groups is 1. The van der Waals surface area contributed by atoms with Crippen molar-refractivity contribution in [1.82, 2.24) is 4.90 Å². The maximum atomic E-state index is 14.1. The van der Waals surface area contributed by atoms with Crippen molar-refractivity contribution in [3.63, 3.8) is 0 Å². The number of aromatic hydroxyl groups is 1. The van der Waals surface area contributed by atoms with Gasteiger partial charge >= 0.3 is 0 Å². The molecule has 8 nitrogen and oxygen atoms in total. The second-order valence-corrected chi connectivity index (χ2v) is 8.66. The fourth-order valence-electron chi connectivity index (χ4n) is 4.49. The molecule has 5 N–H and O–H groups in total. The highest BCUT2D eigenvalue weighted by Gasteiger charge is 2.39. The van der Waals surface area contributed by atoms with Gasteiger partial charge in [0.1, 0.15) is 23.1 Å². The maximum Gasteiger partial charge on any atom is 0.255 e. The summed E-state index contributed by atoms with van der Waals surface area (Å²) in [5, 5.41) is 15.8. The lowest BCUT2D eigenvalue weighted by molar-refractivity contribution is 0.0685. The molecule has 2 amide bonds. The summed E-state index contributed by atoms with van der Waals surface area (Å²) in [6.45, 7) is 0.894. The van der Waals surface area contributed by atoms with Gasteiger partial charge in [0.05, 0.1) is 11.3 Å². The molecule has 178 valence electrons. The first-order chi connectivity index (χ1) is 16.8. The summed E-state index contributed by atoms with van der Waals surface area (Å²) in [5.74, 6) is -0.818. The molecule has 3 aromatic rings. The Morgan fingerprint density at radius 2 is 1.69 bits per heavy atom. The third kappa shape index (κ3) is 4.28. The van der Waals surface area contributed by atoms with E-state index in [0.29, 0.717) is 48.4 Å². The average Bonchev–Trinajstić information content (AvgIpc) is 2.85. The summed E-state index contributed by atoms with van der Waals surface area (Å²) < 4.78 is 14.1. The van der Waals surface area contributed by atoms with Crippen LogP contribution in [0.4, 0.5) is 15.8 Å². The van der Waals surface area contributed by atoms with Crippen LogP contribution in [0.15, 0.2) is 71.7 Å². The van der Waals surface area contributed by atoms with Crippen LogP contribution in [-0.4, -0.2) is 46.4 Å². The molecule has 5 rings (SSSR count). The molecule has 1 saturated heterocycles. The standard InChI is InChI=1S/C26H24FN5O3/c27-18-4-3-6-20-22(18)23(28)31-26(30-20)12-14-32(15-13-26)25(35)17-10-8-16(9-11-17)24(34)29-19-5-1-2-7-21(19)33/h1-11,30,33H,12-15H2,(H2,28,31)(H,29,34). The van der Waals surface area contributed by atoms with Gasteiger partial charge in [0.2, 0.25) is 0 Å². The molecule has 35 heavy (non-hydrogen) atoms. The van der Waals surface area contributed by atoms with Crippen LogP contribution < -0.4 is 16.4 Å². The molecule has 2 aliphatic heterocycles. The molecule has 2 aliphatic rings. The van der Waals surface area contributed by atoms with Gasteiger partial charge in [-0.1, -0.05) is 18.2 Å². The fourth-order valence-corrected chi connectivity index (χ4v) is 4.49. The van der Waals surface area contributed by atoms with Crippen molar-refractivity contribution < 1.29 is 19.1 Å². The number of amidine groups is 1. The van der Waals surface area contributed by atoms with Gasteiger partial charge < -0.3 is 26.4 Å². The van der Waals surface area contributed by atoms with Gasteiger partial charge in [0.25, 0.3) is 11.8 Å². The van der Waals surface area contributed by atoms with Crippen molar-refractivity contribution in [3.8, 4) is 5.75 Å². The van der Waals surface area contributed by atoms with E-state index in [0.717, 1.165) is 0 Å². The Hall–Kier alpha value is -4.40. The van der Waals surface area contributed by atoms with Crippen molar-refractivity contribution in [1.29, 1.82) is 0 Å². The smallest absolute Gasteiger partial charge is 0.255 e. The van der Waals surface area contributed by atoms with Crippen LogP contribution in [0.2, 0.25) is 0 Å². The van der Waals surface area contributed by atoms with Gasteiger partial charge in [-0.05, 0) is 48.5 Å². The molecular weight excluding hydrogens is 449 g/mol. The lowest BCUT2D eigenvalue weighted by atomic mass is 9.93. The zero-order valence-electron chi connectivity index (χ0n) is 18.8. The number of piperidine rings is 1. The predicted molar refractivity (Wildman–Crippen MR) is 131 cm³/mol. The summed E-state index contributed by atoms with van der Waals surface area (Å²) in [5.41, 5.74) is 7.43. The minimum Gasteiger partial charge on any atom is -0.506 e. The largest absolute Gasteiger partial charge is 0.506 e. The van der Waals surface area contributed by atoms with E-state index in [2.05, 4.69) is 15.6 Å². The number of fused-ring (bicyclic) bond motifs is 1. The number of para-hydroxylation sites is 2. The second-order valence-electron chi connectivity index (χ2n) is 8.66. The molecule has 0 radical (unpaired) electrons. The Bertz CT molecular complexity index is 1330. The van der Waals surface area contributed by atoms with Crippen LogP contribution >= 0.6 is 0 Å². The van der Waals surface area contributed by atoms with E-state index < -0.39 is 11.5 Å². The van der Waals surface area contributed by atoms with Crippen LogP contribution in [0, 0.1) is 5.82 Å². The van der Waals surface area contributed by atoms with E-state index in [-0.39, 0.29) is 29.0 Å². The molecule has 0 aliphatic carbocycles. The number of anilines is 2. The van der Waals surface area contributed by atoms with Gasteiger partial charge in [0.15, 0.2) is 0 Å². The highest BCUT2D eigenvalue weighted by atomic mass is 19.1. The van der Waals surface area contributed by atoms with Crippen molar-refractivity contribution in [2.45, 2.75) is 18.5 Å². The molecule has 0 saturated carbocycles. The highest BCUT2D eigenvalue weighted by Crippen LogP contribution is 2.35. The Labute approximate surface area is 201 Å². The van der Waals surface area contributed by atoms with Crippen LogP contribution in [0.1, 0.15) is 39.1 Å². The SMILES string of the molecule is NC1=NC2(CCN(C(=O)c3ccc(C(=O)Nc4ccccc4O)cc3)CC2)Nc2cccc(F)c21. The topological polar surface area (TPSA) is 120 Å². The summed E-state index contributed by atoms with van der Waals surface area (Å²) in [7, 11) is 0. The number of rotatable bonds is 3. The molecule has 9 heteroatoms. The quantitative estimate of drug-likeness (QED) is 0.434. The molecule has 3 aromatic carbocycles. The first-order valence-corrected chi connectivity index (χ1v) is 11.3. The average molecular weight is 474 g/mol. The molecular formula is C26H24FN5O3. The number of nitrogens with one attached hydrogen (secondary N) is 2. The zero-order chi connectivity index (χ0) is 24.6. The normalized spacial score (nSPS) is 16.1. The lowest BCUT2D eigenvalue weighted by Gasteiger charge is -2.42. The first kappa shape index (κ1) is 22.4. The number of phenolic OH excluding ortho intramolecular Hbond substituents is 1. The van der Waals surface area contributed by atoms with E-state index in [9.17, 15) is 19.1 Å². The van der Waals surface area contributed by atoms with Crippen molar-refractivity contribution >= 4 is 29.0 Å².